The van der Waals surface area contributed by atoms with Crippen LogP contribution in [0.5, 0.6) is 5.75 Å². The molecule has 2 aliphatic rings. The number of urea groups is 1. The SMILES string of the molecule is COc1cccc(NC(=O)N2[C@@H]3CNC[C@H]2C3c2ccc(-c3cccnc3)cc2)c1. The zero-order valence-electron chi connectivity index (χ0n) is 16.8. The van der Waals surface area contributed by atoms with Crippen LogP contribution in [0, 0.1) is 0 Å². The van der Waals surface area contributed by atoms with Crippen molar-refractivity contribution in [1.29, 1.82) is 0 Å². The van der Waals surface area contributed by atoms with Gasteiger partial charge in [-0.05, 0) is 34.9 Å². The van der Waals surface area contributed by atoms with Gasteiger partial charge < -0.3 is 20.3 Å². The van der Waals surface area contributed by atoms with E-state index in [4.69, 9.17) is 4.74 Å². The number of nitrogens with one attached hydrogen (secondary N) is 2. The first-order valence-electron chi connectivity index (χ1n) is 10.2. The quantitative estimate of drug-likeness (QED) is 0.700. The zero-order chi connectivity index (χ0) is 20.5. The Balaban J connectivity index is 1.31. The number of pyridine rings is 1. The summed E-state index contributed by atoms with van der Waals surface area (Å²) in [7, 11) is 1.62. The Labute approximate surface area is 175 Å². The minimum absolute atomic E-state index is 0.0528. The smallest absolute Gasteiger partial charge is 0.322 e. The number of rotatable bonds is 4. The number of carbonyl (C=O) groups excluding carboxylic acids is 1. The topological polar surface area (TPSA) is 66.5 Å². The molecule has 2 bridgehead atoms. The summed E-state index contributed by atoms with van der Waals surface area (Å²) in [5, 5.41) is 6.46. The molecular weight excluding hydrogens is 376 g/mol. The van der Waals surface area contributed by atoms with Crippen molar-refractivity contribution in [1.82, 2.24) is 15.2 Å². The standard InChI is InChI=1S/C24H24N4O2/c1-30-20-6-2-5-19(12-20)27-24(29)28-21-14-26-15-22(28)23(21)17-9-7-16(8-10-17)18-4-3-11-25-13-18/h2-13,21-23,26H,14-15H2,1H3,(H,27,29)/t21-,22+,23?. The van der Waals surface area contributed by atoms with E-state index in [1.54, 1.807) is 13.3 Å². The van der Waals surface area contributed by atoms with E-state index in [9.17, 15) is 4.79 Å². The molecule has 3 aromatic rings. The van der Waals surface area contributed by atoms with Crippen LogP contribution in [0.2, 0.25) is 0 Å². The Morgan fingerprint density at radius 1 is 1.07 bits per heavy atom. The number of piperazine rings is 1. The summed E-state index contributed by atoms with van der Waals surface area (Å²) in [6, 6.07) is 20.4. The van der Waals surface area contributed by atoms with Gasteiger partial charge in [0.2, 0.25) is 0 Å². The molecule has 30 heavy (non-hydrogen) atoms. The van der Waals surface area contributed by atoms with Crippen molar-refractivity contribution in [3.05, 3.63) is 78.6 Å². The van der Waals surface area contributed by atoms with E-state index in [1.165, 1.54) is 5.56 Å². The molecule has 0 spiro atoms. The molecule has 2 amide bonds. The van der Waals surface area contributed by atoms with Gasteiger partial charge >= 0.3 is 6.03 Å². The van der Waals surface area contributed by atoms with E-state index in [1.807, 2.05) is 41.4 Å². The first-order chi connectivity index (χ1) is 14.7. The van der Waals surface area contributed by atoms with E-state index in [-0.39, 0.29) is 18.1 Å². The number of anilines is 1. The minimum Gasteiger partial charge on any atom is -0.497 e. The van der Waals surface area contributed by atoms with Crippen LogP contribution >= 0.6 is 0 Å². The lowest BCUT2D eigenvalue weighted by Crippen LogP contribution is -2.74. The molecule has 0 saturated carbocycles. The van der Waals surface area contributed by atoms with Crippen LogP contribution in [0.25, 0.3) is 11.1 Å². The molecule has 0 radical (unpaired) electrons. The molecule has 1 aromatic heterocycles. The van der Waals surface area contributed by atoms with Gasteiger partial charge in [0, 0.05) is 43.2 Å². The molecule has 1 unspecified atom stereocenters. The maximum absolute atomic E-state index is 13.0. The number of methoxy groups -OCH3 is 1. The van der Waals surface area contributed by atoms with Crippen LogP contribution in [0.3, 0.4) is 0 Å². The van der Waals surface area contributed by atoms with Crippen molar-refractivity contribution in [2.24, 2.45) is 0 Å². The van der Waals surface area contributed by atoms with Gasteiger partial charge in [-0.25, -0.2) is 4.79 Å². The van der Waals surface area contributed by atoms with Crippen molar-refractivity contribution in [3.63, 3.8) is 0 Å². The van der Waals surface area contributed by atoms with E-state index >= 15 is 0 Å². The van der Waals surface area contributed by atoms with Gasteiger partial charge in [-0.15, -0.1) is 0 Å². The predicted molar refractivity (Wildman–Crippen MR) is 117 cm³/mol. The lowest BCUT2D eigenvalue weighted by molar-refractivity contribution is 0.00202. The maximum atomic E-state index is 13.0. The Bertz CT molecular complexity index is 1030. The predicted octanol–water partition coefficient (Wildman–Crippen LogP) is 3.73. The fourth-order valence-electron chi connectivity index (χ4n) is 4.64. The highest BCUT2D eigenvalue weighted by atomic mass is 16.5. The van der Waals surface area contributed by atoms with Crippen LogP contribution in [-0.4, -0.2) is 48.2 Å². The number of carbonyl (C=O) groups is 1. The lowest BCUT2D eigenvalue weighted by atomic mass is 9.72. The summed E-state index contributed by atoms with van der Waals surface area (Å²) in [5.41, 5.74) is 4.29. The Morgan fingerprint density at radius 3 is 2.57 bits per heavy atom. The fourth-order valence-corrected chi connectivity index (χ4v) is 4.64. The largest absolute Gasteiger partial charge is 0.497 e. The van der Waals surface area contributed by atoms with Crippen LogP contribution in [0.15, 0.2) is 73.1 Å². The molecule has 2 aromatic carbocycles. The third kappa shape index (κ3) is 3.29. The lowest BCUT2D eigenvalue weighted by Gasteiger charge is -2.59. The molecule has 0 aliphatic carbocycles. The van der Waals surface area contributed by atoms with Crippen molar-refractivity contribution in [3.8, 4) is 16.9 Å². The Hall–Kier alpha value is -3.38. The second-order valence-corrected chi connectivity index (χ2v) is 7.75. The molecule has 6 heteroatoms. The molecule has 2 fully saturated rings. The van der Waals surface area contributed by atoms with Gasteiger partial charge in [-0.1, -0.05) is 36.4 Å². The average molecular weight is 400 g/mol. The summed E-state index contributed by atoms with van der Waals surface area (Å²) < 4.78 is 5.25. The number of benzene rings is 2. The maximum Gasteiger partial charge on any atom is 0.322 e. The first kappa shape index (κ1) is 18.6. The average Bonchev–Trinajstić information content (AvgIpc) is 2.80. The second kappa shape index (κ2) is 7.80. The molecule has 152 valence electrons. The molecule has 2 N–H and O–H groups in total. The van der Waals surface area contributed by atoms with E-state index in [2.05, 4.69) is 45.9 Å². The molecule has 2 aliphatic heterocycles. The van der Waals surface area contributed by atoms with Crippen LogP contribution < -0.4 is 15.4 Å². The highest BCUT2D eigenvalue weighted by Gasteiger charge is 2.53. The van der Waals surface area contributed by atoms with Crippen LogP contribution in [0.4, 0.5) is 10.5 Å². The van der Waals surface area contributed by atoms with Gasteiger partial charge in [0.25, 0.3) is 0 Å². The zero-order valence-corrected chi connectivity index (χ0v) is 16.8. The summed E-state index contributed by atoms with van der Waals surface area (Å²) in [5.74, 6) is 1.08. The highest BCUT2D eigenvalue weighted by Crippen LogP contribution is 2.43. The van der Waals surface area contributed by atoms with E-state index in [0.29, 0.717) is 5.92 Å². The minimum atomic E-state index is -0.0528. The third-order valence-electron chi connectivity index (χ3n) is 6.10. The molecule has 2 saturated heterocycles. The highest BCUT2D eigenvalue weighted by molar-refractivity contribution is 5.91. The summed E-state index contributed by atoms with van der Waals surface area (Å²) in [6.45, 7) is 1.61. The molecule has 5 rings (SSSR count). The van der Waals surface area contributed by atoms with Gasteiger partial charge in [0.05, 0.1) is 19.2 Å². The van der Waals surface area contributed by atoms with Gasteiger partial charge in [-0.3, -0.25) is 4.98 Å². The van der Waals surface area contributed by atoms with Gasteiger partial charge in [-0.2, -0.15) is 0 Å². The number of hydrogen-bond acceptors (Lipinski definition) is 4. The van der Waals surface area contributed by atoms with Crippen molar-refractivity contribution >= 4 is 11.7 Å². The van der Waals surface area contributed by atoms with Crippen LogP contribution in [-0.2, 0) is 0 Å². The summed E-state index contributed by atoms with van der Waals surface area (Å²) >= 11 is 0. The Morgan fingerprint density at radius 2 is 1.87 bits per heavy atom. The molecular formula is C24H24N4O2. The summed E-state index contributed by atoms with van der Waals surface area (Å²) in [6.07, 6.45) is 3.66. The van der Waals surface area contributed by atoms with Crippen LogP contribution in [0.1, 0.15) is 11.5 Å². The number of amides is 2. The fraction of sp³-hybridized carbons (Fsp3) is 0.250. The number of aromatic nitrogens is 1. The molecule has 6 nitrogen and oxygen atoms in total. The van der Waals surface area contributed by atoms with Gasteiger partial charge in [0.1, 0.15) is 5.75 Å². The normalized spacial score (nSPS) is 22.2. The first-order valence-corrected chi connectivity index (χ1v) is 10.2. The number of nitrogens with zero attached hydrogens (tertiary/aromatic N) is 2. The van der Waals surface area contributed by atoms with Gasteiger partial charge in [0.15, 0.2) is 0 Å². The number of ether oxygens (including phenoxy) is 1. The molecule has 3 heterocycles. The number of piperidine rings is 1. The Kier molecular flexibility index (Phi) is 4.85. The van der Waals surface area contributed by atoms with E-state index < -0.39 is 0 Å². The van der Waals surface area contributed by atoms with Crippen molar-refractivity contribution < 1.29 is 9.53 Å². The monoisotopic (exact) mass is 400 g/mol. The van der Waals surface area contributed by atoms with Crippen molar-refractivity contribution in [2.75, 3.05) is 25.5 Å². The number of fused-ring (bicyclic) bond motifs is 2. The summed E-state index contributed by atoms with van der Waals surface area (Å²) in [4.78, 5) is 19.1. The molecule has 3 atom stereocenters. The van der Waals surface area contributed by atoms with Crippen molar-refractivity contribution in [2.45, 2.75) is 18.0 Å². The second-order valence-electron chi connectivity index (χ2n) is 7.75. The van der Waals surface area contributed by atoms with E-state index in [0.717, 1.165) is 35.7 Å². The third-order valence-corrected chi connectivity index (χ3v) is 6.10. The number of hydrogen-bond donors (Lipinski definition) is 2.